The number of hydrogen-bond donors (Lipinski definition) is 2. The number of pyridine rings is 1. The van der Waals surface area contributed by atoms with E-state index in [9.17, 15) is 9.59 Å². The molecule has 1 aliphatic carbocycles. The second kappa shape index (κ2) is 9.27. The number of carbonyl (C=O) groups excluding carboxylic acids is 2. The average Bonchev–Trinajstić information content (AvgIpc) is 3.39. The summed E-state index contributed by atoms with van der Waals surface area (Å²) in [7, 11) is 1.62. The van der Waals surface area contributed by atoms with Crippen LogP contribution in [0.2, 0.25) is 0 Å². The number of benzene rings is 1. The molecule has 5 rings (SSSR count). The second-order valence-electron chi connectivity index (χ2n) is 8.47. The molecule has 34 heavy (non-hydrogen) atoms. The van der Waals surface area contributed by atoms with Crippen molar-refractivity contribution in [2.24, 2.45) is 0 Å². The third-order valence-electron chi connectivity index (χ3n) is 6.37. The van der Waals surface area contributed by atoms with Crippen LogP contribution in [0.5, 0.6) is 5.75 Å². The zero-order chi connectivity index (χ0) is 23.7. The first kappa shape index (κ1) is 22.1. The molecule has 2 N–H and O–H groups in total. The van der Waals surface area contributed by atoms with E-state index in [1.165, 1.54) is 4.88 Å². The number of dihydropyridines is 1. The van der Waals surface area contributed by atoms with Gasteiger partial charge in [0.05, 0.1) is 7.11 Å². The fourth-order valence-corrected chi connectivity index (χ4v) is 5.65. The van der Waals surface area contributed by atoms with E-state index in [2.05, 4.69) is 21.7 Å². The minimum atomic E-state index is -0.470. The highest BCUT2D eigenvalue weighted by molar-refractivity contribution is 7.10. The highest BCUT2D eigenvalue weighted by Gasteiger charge is 2.41. The molecule has 2 aromatic heterocycles. The van der Waals surface area contributed by atoms with Gasteiger partial charge in [0.1, 0.15) is 11.6 Å². The Morgan fingerprint density at radius 2 is 1.94 bits per heavy atom. The molecular weight excluding hydrogens is 446 g/mol. The Morgan fingerprint density at radius 3 is 2.62 bits per heavy atom. The fraction of sp³-hybridized carbons (Fsp3) is 0.222. The lowest BCUT2D eigenvalue weighted by Gasteiger charge is -2.36. The first-order valence-corrected chi connectivity index (χ1v) is 12.1. The first-order chi connectivity index (χ1) is 16.5. The number of thiophene rings is 1. The van der Waals surface area contributed by atoms with Gasteiger partial charge in [-0.3, -0.25) is 9.59 Å². The van der Waals surface area contributed by atoms with E-state index >= 15 is 0 Å². The maximum atomic E-state index is 13.6. The fourth-order valence-electron chi connectivity index (χ4n) is 4.81. The number of aromatic nitrogens is 1. The van der Waals surface area contributed by atoms with Gasteiger partial charge in [-0.05, 0) is 54.6 Å². The third kappa shape index (κ3) is 4.15. The van der Waals surface area contributed by atoms with Gasteiger partial charge >= 0.3 is 0 Å². The number of nitrogens with one attached hydrogen (secondary N) is 2. The summed E-state index contributed by atoms with van der Waals surface area (Å²) < 4.78 is 5.32. The predicted octanol–water partition coefficient (Wildman–Crippen LogP) is 5.15. The van der Waals surface area contributed by atoms with Crippen molar-refractivity contribution in [3.63, 3.8) is 0 Å². The highest BCUT2D eigenvalue weighted by Crippen LogP contribution is 2.46. The molecule has 0 saturated carbocycles. The monoisotopic (exact) mass is 471 g/mol. The number of anilines is 1. The van der Waals surface area contributed by atoms with Gasteiger partial charge in [0.2, 0.25) is 0 Å². The van der Waals surface area contributed by atoms with Crippen molar-refractivity contribution < 1.29 is 14.3 Å². The zero-order valence-corrected chi connectivity index (χ0v) is 19.8. The summed E-state index contributed by atoms with van der Waals surface area (Å²) >= 11 is 1.68. The maximum absolute atomic E-state index is 13.6. The van der Waals surface area contributed by atoms with Crippen LogP contribution < -0.4 is 15.4 Å². The number of amides is 1. The zero-order valence-electron chi connectivity index (χ0n) is 19.0. The molecule has 3 heterocycles. The number of nitrogens with zero attached hydrogens (tertiary/aromatic N) is 1. The van der Waals surface area contributed by atoms with Crippen LogP contribution >= 0.6 is 11.3 Å². The maximum Gasteiger partial charge on any atom is 0.255 e. The van der Waals surface area contributed by atoms with Gasteiger partial charge in [-0.15, -0.1) is 11.3 Å². The molecule has 1 amide bonds. The van der Waals surface area contributed by atoms with Crippen molar-refractivity contribution in [1.29, 1.82) is 0 Å². The number of hydrogen-bond acceptors (Lipinski definition) is 6. The Kier molecular flexibility index (Phi) is 6.02. The summed E-state index contributed by atoms with van der Waals surface area (Å²) in [5, 5.41) is 8.36. The number of Topliss-reactive ketones (excluding diaryl/α,β-unsaturated/α-hetero) is 1. The molecule has 1 aliphatic heterocycles. The molecule has 0 fully saturated rings. The summed E-state index contributed by atoms with van der Waals surface area (Å²) in [6, 6.07) is 17.1. The van der Waals surface area contributed by atoms with E-state index in [1.54, 1.807) is 36.8 Å². The molecule has 172 valence electrons. The number of ether oxygens (including phenoxy) is 1. The summed E-state index contributed by atoms with van der Waals surface area (Å²) in [5.74, 6) is 0.663. The third-order valence-corrected chi connectivity index (χ3v) is 7.41. The molecule has 0 radical (unpaired) electrons. The van der Waals surface area contributed by atoms with E-state index < -0.39 is 5.92 Å². The number of carbonyl (C=O) groups is 2. The Labute approximate surface area is 202 Å². The summed E-state index contributed by atoms with van der Waals surface area (Å²) in [4.78, 5) is 32.5. The van der Waals surface area contributed by atoms with Crippen LogP contribution in [0.1, 0.15) is 42.0 Å². The van der Waals surface area contributed by atoms with Crippen LogP contribution in [0.3, 0.4) is 0 Å². The molecule has 2 aliphatic rings. The van der Waals surface area contributed by atoms with Crippen LogP contribution in [0.4, 0.5) is 5.82 Å². The largest absolute Gasteiger partial charge is 0.497 e. The lowest BCUT2D eigenvalue weighted by molar-refractivity contribution is -0.116. The first-order valence-electron chi connectivity index (χ1n) is 11.2. The number of allylic oxidation sites excluding steroid dienone is 3. The molecule has 0 unspecified atom stereocenters. The Bertz CT molecular complexity index is 1280. The average molecular weight is 472 g/mol. The van der Waals surface area contributed by atoms with Crippen LogP contribution in [-0.4, -0.2) is 23.8 Å². The van der Waals surface area contributed by atoms with Crippen molar-refractivity contribution in [2.45, 2.75) is 31.6 Å². The lowest BCUT2D eigenvalue weighted by atomic mass is 9.72. The van der Waals surface area contributed by atoms with Crippen molar-refractivity contribution in [3.8, 4) is 5.75 Å². The molecule has 0 bridgehead atoms. The summed E-state index contributed by atoms with van der Waals surface area (Å²) in [5.41, 5.74) is 3.73. The number of methoxy groups -OCH3 is 1. The van der Waals surface area contributed by atoms with Crippen LogP contribution in [0.25, 0.3) is 0 Å². The Hall–Kier alpha value is -3.71. The number of ketones is 1. The molecule has 0 saturated heterocycles. The van der Waals surface area contributed by atoms with Gasteiger partial charge in [-0.2, -0.15) is 0 Å². The molecule has 1 aromatic carbocycles. The minimum Gasteiger partial charge on any atom is -0.497 e. The highest BCUT2D eigenvalue weighted by atomic mass is 32.1. The smallest absolute Gasteiger partial charge is 0.255 e. The quantitative estimate of drug-likeness (QED) is 0.538. The van der Waals surface area contributed by atoms with E-state index in [-0.39, 0.29) is 17.6 Å². The normalized spacial score (nSPS) is 20.0. The van der Waals surface area contributed by atoms with E-state index in [0.29, 0.717) is 23.4 Å². The molecule has 3 aromatic rings. The van der Waals surface area contributed by atoms with Crippen molar-refractivity contribution >= 4 is 28.8 Å². The van der Waals surface area contributed by atoms with E-state index in [1.807, 2.05) is 48.7 Å². The van der Waals surface area contributed by atoms with Crippen LogP contribution in [0.15, 0.2) is 88.7 Å². The van der Waals surface area contributed by atoms with Crippen molar-refractivity contribution in [1.82, 2.24) is 10.3 Å². The molecule has 2 atom stereocenters. The van der Waals surface area contributed by atoms with Crippen LogP contribution in [-0.2, 0) is 9.59 Å². The Morgan fingerprint density at radius 1 is 1.12 bits per heavy atom. The standard InChI is InChI=1S/C27H25N3O3S/c1-16-24(27(32)30-23-7-3-4-12-28-23)25(17-8-10-19(33-2)11-9-17)26-20(29-16)14-18(15-21(26)31)22-6-5-13-34-22/h3-13,18,25,29H,14-15H2,1-2H3,(H,28,30,32)/t18-,25+/m0/s1. The van der Waals surface area contributed by atoms with Crippen LogP contribution in [0, 0.1) is 0 Å². The van der Waals surface area contributed by atoms with Crippen molar-refractivity contribution in [3.05, 3.63) is 99.2 Å². The minimum absolute atomic E-state index is 0.0728. The lowest BCUT2D eigenvalue weighted by Crippen LogP contribution is -2.37. The molecule has 6 nitrogen and oxygen atoms in total. The summed E-state index contributed by atoms with van der Waals surface area (Å²) in [6.07, 6.45) is 2.80. The SMILES string of the molecule is COc1ccc([C@@H]2C(C(=O)Nc3ccccn3)=C(C)NC3=C2C(=O)C[C@@H](c2cccs2)C3)cc1. The summed E-state index contributed by atoms with van der Waals surface area (Å²) in [6.45, 7) is 1.90. The van der Waals surface area contributed by atoms with Gasteiger partial charge in [-0.1, -0.05) is 24.3 Å². The molecule has 7 heteroatoms. The molecule has 0 spiro atoms. The Balaban J connectivity index is 1.57. The van der Waals surface area contributed by atoms with E-state index in [0.717, 1.165) is 29.1 Å². The van der Waals surface area contributed by atoms with Gasteiger partial charge in [0.15, 0.2) is 5.78 Å². The van der Waals surface area contributed by atoms with Gasteiger partial charge in [0.25, 0.3) is 5.91 Å². The number of rotatable bonds is 5. The van der Waals surface area contributed by atoms with E-state index in [4.69, 9.17) is 4.74 Å². The second-order valence-corrected chi connectivity index (χ2v) is 9.45. The predicted molar refractivity (Wildman–Crippen MR) is 133 cm³/mol. The molecular formula is C27H25N3O3S. The van der Waals surface area contributed by atoms with Crippen molar-refractivity contribution in [2.75, 3.05) is 12.4 Å². The van der Waals surface area contributed by atoms with Gasteiger partial charge < -0.3 is 15.4 Å². The van der Waals surface area contributed by atoms with Gasteiger partial charge in [-0.25, -0.2) is 4.98 Å². The van der Waals surface area contributed by atoms with Gasteiger partial charge in [0, 0.05) is 51.9 Å². The topological polar surface area (TPSA) is 80.3 Å².